The third-order valence-corrected chi connectivity index (χ3v) is 4.08. The molecule has 1 aliphatic carbocycles. The Morgan fingerprint density at radius 3 is 3.19 bits per heavy atom. The summed E-state index contributed by atoms with van der Waals surface area (Å²) in [4.78, 5) is 19.0. The normalized spacial score (nSPS) is 17.8. The van der Waals surface area contributed by atoms with Crippen LogP contribution in [0.4, 0.5) is 0 Å². The molecule has 0 aliphatic heterocycles. The first-order valence-electron chi connectivity index (χ1n) is 6.95. The minimum Gasteiger partial charge on any atom is -0.481 e. The van der Waals surface area contributed by atoms with Crippen LogP contribution in [0.1, 0.15) is 17.8 Å². The van der Waals surface area contributed by atoms with Crippen LogP contribution in [0.5, 0.6) is 0 Å². The van der Waals surface area contributed by atoms with Gasteiger partial charge >= 0.3 is 5.97 Å². The van der Waals surface area contributed by atoms with Gasteiger partial charge in [0.25, 0.3) is 0 Å². The Morgan fingerprint density at radius 1 is 1.43 bits per heavy atom. The molecule has 3 aromatic heterocycles. The first kappa shape index (κ1) is 12.1. The molecular weight excluding hydrogens is 268 g/mol. The Hall–Kier alpha value is -2.63. The number of rotatable bonds is 2. The summed E-state index contributed by atoms with van der Waals surface area (Å²) >= 11 is 0. The van der Waals surface area contributed by atoms with Crippen molar-refractivity contribution in [3.05, 3.63) is 42.0 Å². The highest BCUT2D eigenvalue weighted by molar-refractivity contribution is 5.76. The topological polar surface area (TPSA) is 83.3 Å². The van der Waals surface area contributed by atoms with Crippen LogP contribution >= 0.6 is 0 Å². The van der Waals surface area contributed by atoms with Crippen molar-refractivity contribution in [1.82, 2.24) is 19.6 Å². The summed E-state index contributed by atoms with van der Waals surface area (Å²) in [6, 6.07) is 5.88. The van der Waals surface area contributed by atoms with E-state index in [0.29, 0.717) is 19.3 Å². The largest absolute Gasteiger partial charge is 0.481 e. The van der Waals surface area contributed by atoms with Crippen LogP contribution in [0, 0.1) is 5.92 Å². The predicted molar refractivity (Wildman–Crippen MR) is 75.9 cm³/mol. The quantitative estimate of drug-likeness (QED) is 0.752. The molecule has 3 aromatic rings. The number of H-pyrrole nitrogens is 1. The third kappa shape index (κ3) is 1.91. The molecule has 6 nitrogen and oxygen atoms in total. The summed E-state index contributed by atoms with van der Waals surface area (Å²) in [6.07, 6.45) is 5.57. The van der Waals surface area contributed by atoms with Crippen molar-refractivity contribution in [3.63, 3.8) is 0 Å². The zero-order valence-electron chi connectivity index (χ0n) is 11.3. The molecule has 106 valence electrons. The summed E-state index contributed by atoms with van der Waals surface area (Å²) in [6.45, 7) is 0. The lowest BCUT2D eigenvalue weighted by molar-refractivity contribution is -0.142. The predicted octanol–water partition coefficient (Wildman–Crippen LogP) is 1.91. The van der Waals surface area contributed by atoms with Crippen LogP contribution in [0.15, 0.2) is 30.6 Å². The van der Waals surface area contributed by atoms with Crippen molar-refractivity contribution in [2.75, 3.05) is 0 Å². The Morgan fingerprint density at radius 2 is 2.33 bits per heavy atom. The second-order valence-corrected chi connectivity index (χ2v) is 5.38. The van der Waals surface area contributed by atoms with Crippen LogP contribution in [0.25, 0.3) is 16.9 Å². The fourth-order valence-electron chi connectivity index (χ4n) is 2.94. The monoisotopic (exact) mass is 282 g/mol. The molecule has 1 unspecified atom stereocenters. The summed E-state index contributed by atoms with van der Waals surface area (Å²) in [7, 11) is 0. The molecule has 0 bridgehead atoms. The van der Waals surface area contributed by atoms with E-state index in [9.17, 15) is 4.79 Å². The van der Waals surface area contributed by atoms with Crippen molar-refractivity contribution in [1.29, 1.82) is 0 Å². The van der Waals surface area contributed by atoms with Crippen molar-refractivity contribution in [3.8, 4) is 11.4 Å². The van der Waals surface area contributed by atoms with Gasteiger partial charge < -0.3 is 10.1 Å². The average molecular weight is 282 g/mol. The van der Waals surface area contributed by atoms with Crippen molar-refractivity contribution in [2.24, 2.45) is 5.92 Å². The van der Waals surface area contributed by atoms with Crippen LogP contribution in [0.2, 0.25) is 0 Å². The minimum absolute atomic E-state index is 0.310. The molecule has 6 heteroatoms. The van der Waals surface area contributed by atoms with Gasteiger partial charge in [-0.1, -0.05) is 6.07 Å². The molecule has 1 atom stereocenters. The van der Waals surface area contributed by atoms with E-state index in [2.05, 4.69) is 15.1 Å². The Labute approximate surface area is 120 Å². The number of aliphatic carboxylic acids is 1. The third-order valence-electron chi connectivity index (χ3n) is 4.08. The Kier molecular flexibility index (Phi) is 2.57. The fraction of sp³-hybridized carbons (Fsp3) is 0.267. The van der Waals surface area contributed by atoms with Gasteiger partial charge in [0.1, 0.15) is 5.82 Å². The van der Waals surface area contributed by atoms with Crippen LogP contribution < -0.4 is 0 Å². The number of nitrogens with one attached hydrogen (secondary N) is 1. The van der Waals surface area contributed by atoms with Crippen molar-refractivity contribution in [2.45, 2.75) is 19.3 Å². The first-order chi connectivity index (χ1) is 10.2. The molecule has 21 heavy (non-hydrogen) atoms. The van der Waals surface area contributed by atoms with Crippen LogP contribution in [0.3, 0.4) is 0 Å². The van der Waals surface area contributed by atoms with E-state index in [1.54, 1.807) is 10.7 Å². The van der Waals surface area contributed by atoms with Crippen molar-refractivity contribution >= 4 is 11.5 Å². The number of carboxylic acid groups (broad SMARTS) is 1. The SMILES string of the molecule is O=C(O)C1CCc2nc(-c3cnn4ccccc34)[nH]c2C1. The zero-order chi connectivity index (χ0) is 14.4. The van der Waals surface area contributed by atoms with Gasteiger partial charge in [0.2, 0.25) is 0 Å². The Bertz CT molecular complexity index is 833. The van der Waals surface area contributed by atoms with E-state index >= 15 is 0 Å². The fourth-order valence-corrected chi connectivity index (χ4v) is 2.94. The molecule has 0 fully saturated rings. The number of aromatic amines is 1. The lowest BCUT2D eigenvalue weighted by Crippen LogP contribution is -2.22. The highest BCUT2D eigenvalue weighted by Gasteiger charge is 2.27. The van der Waals surface area contributed by atoms with Crippen LogP contribution in [-0.2, 0) is 17.6 Å². The molecule has 1 aliphatic rings. The number of carbonyl (C=O) groups is 1. The van der Waals surface area contributed by atoms with Gasteiger partial charge in [0.05, 0.1) is 28.9 Å². The molecule has 0 amide bonds. The molecule has 0 saturated heterocycles. The zero-order valence-corrected chi connectivity index (χ0v) is 11.3. The van der Waals surface area contributed by atoms with Gasteiger partial charge in [-0.25, -0.2) is 9.50 Å². The second-order valence-electron chi connectivity index (χ2n) is 5.38. The number of aromatic nitrogens is 4. The number of imidazole rings is 1. The number of hydrogen-bond donors (Lipinski definition) is 2. The van der Waals surface area contributed by atoms with E-state index in [1.165, 1.54) is 0 Å². The van der Waals surface area contributed by atoms with E-state index in [-0.39, 0.29) is 5.92 Å². The van der Waals surface area contributed by atoms with E-state index in [1.807, 2.05) is 24.4 Å². The van der Waals surface area contributed by atoms with Gasteiger partial charge in [-0.05, 0) is 25.0 Å². The van der Waals surface area contributed by atoms with Gasteiger partial charge in [-0.2, -0.15) is 5.10 Å². The van der Waals surface area contributed by atoms with Crippen LogP contribution in [-0.4, -0.2) is 30.7 Å². The molecule has 3 heterocycles. The standard InChI is InChI=1S/C15H14N4O2/c20-15(21)9-4-5-11-12(7-9)18-14(17-11)10-8-16-19-6-2-1-3-13(10)19/h1-3,6,8-9H,4-5,7H2,(H,17,18)(H,20,21). The molecular formula is C15H14N4O2. The highest BCUT2D eigenvalue weighted by atomic mass is 16.4. The lowest BCUT2D eigenvalue weighted by atomic mass is 9.90. The molecule has 4 rings (SSSR count). The molecule has 0 saturated carbocycles. The minimum atomic E-state index is -0.729. The van der Waals surface area contributed by atoms with Gasteiger partial charge in [0, 0.05) is 18.3 Å². The van der Waals surface area contributed by atoms with Gasteiger partial charge in [-0.15, -0.1) is 0 Å². The second kappa shape index (κ2) is 4.44. The number of pyridine rings is 1. The number of fused-ring (bicyclic) bond motifs is 2. The summed E-state index contributed by atoms with van der Waals surface area (Å²) in [5.74, 6) is -0.269. The summed E-state index contributed by atoms with van der Waals surface area (Å²) in [5.41, 5.74) is 3.85. The van der Waals surface area contributed by atoms with E-state index < -0.39 is 5.97 Å². The van der Waals surface area contributed by atoms with E-state index in [4.69, 9.17) is 5.11 Å². The molecule has 2 N–H and O–H groups in total. The number of carboxylic acids is 1. The lowest BCUT2D eigenvalue weighted by Gasteiger charge is -2.16. The number of aryl methyl sites for hydroxylation is 1. The van der Waals surface area contributed by atoms with Gasteiger partial charge in [-0.3, -0.25) is 4.79 Å². The maximum absolute atomic E-state index is 11.1. The Balaban J connectivity index is 1.76. The van der Waals surface area contributed by atoms with E-state index in [0.717, 1.165) is 28.3 Å². The smallest absolute Gasteiger partial charge is 0.306 e. The maximum Gasteiger partial charge on any atom is 0.306 e. The highest BCUT2D eigenvalue weighted by Crippen LogP contribution is 2.28. The molecule has 0 spiro atoms. The van der Waals surface area contributed by atoms with Crippen molar-refractivity contribution < 1.29 is 9.90 Å². The average Bonchev–Trinajstić information content (AvgIpc) is 3.09. The molecule has 0 aromatic carbocycles. The van der Waals surface area contributed by atoms with Gasteiger partial charge in [0.15, 0.2) is 0 Å². The molecule has 0 radical (unpaired) electrons. The number of hydrogen-bond acceptors (Lipinski definition) is 3. The summed E-state index contributed by atoms with van der Waals surface area (Å²) in [5, 5.41) is 13.5. The number of nitrogens with zero attached hydrogens (tertiary/aromatic N) is 3. The maximum atomic E-state index is 11.1. The first-order valence-corrected chi connectivity index (χ1v) is 6.95. The summed E-state index contributed by atoms with van der Waals surface area (Å²) < 4.78 is 1.80.